The number of hydrogen-bond acceptors (Lipinski definition) is 5. The molecule has 7 heteroatoms. The van der Waals surface area contributed by atoms with Gasteiger partial charge in [0.15, 0.2) is 5.92 Å². The van der Waals surface area contributed by atoms with Crippen molar-refractivity contribution in [3.63, 3.8) is 0 Å². The van der Waals surface area contributed by atoms with Crippen molar-refractivity contribution in [3.8, 4) is 0 Å². The Morgan fingerprint density at radius 2 is 1.75 bits per heavy atom. The van der Waals surface area contributed by atoms with E-state index in [1.54, 1.807) is 25.6 Å². The summed E-state index contributed by atoms with van der Waals surface area (Å²) in [7, 11) is 1.76. The number of carbonyl (C=O) groups excluding carboxylic acids is 2. The number of esters is 2. The van der Waals surface area contributed by atoms with E-state index in [0.29, 0.717) is 0 Å². The summed E-state index contributed by atoms with van der Waals surface area (Å²) >= 11 is 3.42. The van der Waals surface area contributed by atoms with Crippen molar-refractivity contribution in [2.45, 2.75) is 27.2 Å². The van der Waals surface area contributed by atoms with E-state index in [2.05, 4.69) is 21.0 Å². The first kappa shape index (κ1) is 16.7. The second kappa shape index (κ2) is 7.42. The highest BCUT2D eigenvalue weighted by Crippen LogP contribution is 2.24. The Kier molecular flexibility index (Phi) is 6.19. The van der Waals surface area contributed by atoms with Crippen molar-refractivity contribution in [2.75, 3.05) is 13.2 Å². The van der Waals surface area contributed by atoms with Gasteiger partial charge in [0.2, 0.25) is 0 Å². The predicted octanol–water partition coefficient (Wildman–Crippen LogP) is 1.78. The molecule has 1 aromatic rings. The van der Waals surface area contributed by atoms with Crippen LogP contribution in [0.15, 0.2) is 4.47 Å². The van der Waals surface area contributed by atoms with Gasteiger partial charge >= 0.3 is 11.9 Å². The van der Waals surface area contributed by atoms with E-state index >= 15 is 0 Å². The zero-order chi connectivity index (χ0) is 15.3. The molecule has 0 aliphatic carbocycles. The molecular weight excluding hydrogens is 328 g/mol. The van der Waals surface area contributed by atoms with Gasteiger partial charge in [-0.25, -0.2) is 0 Å². The Morgan fingerprint density at radius 3 is 2.10 bits per heavy atom. The Morgan fingerprint density at radius 1 is 1.25 bits per heavy atom. The quantitative estimate of drug-likeness (QED) is 0.580. The van der Waals surface area contributed by atoms with Crippen molar-refractivity contribution in [3.05, 3.63) is 15.9 Å². The van der Waals surface area contributed by atoms with Crippen LogP contribution in [0.5, 0.6) is 0 Å². The SMILES string of the molecule is CCOC(=O)C(Cc1c(Br)c(C)nn1C)C(=O)OCC. The first-order valence-corrected chi connectivity index (χ1v) is 7.22. The number of halogens is 1. The van der Waals surface area contributed by atoms with E-state index in [0.717, 1.165) is 15.9 Å². The number of carbonyl (C=O) groups is 2. The average molecular weight is 347 g/mol. The minimum Gasteiger partial charge on any atom is -0.465 e. The fraction of sp³-hybridized carbons (Fsp3) is 0.615. The molecule has 112 valence electrons. The van der Waals surface area contributed by atoms with Gasteiger partial charge in [-0.05, 0) is 36.7 Å². The normalized spacial score (nSPS) is 10.7. The molecule has 0 amide bonds. The lowest BCUT2D eigenvalue weighted by molar-refractivity contribution is -0.161. The molecule has 0 spiro atoms. The van der Waals surface area contributed by atoms with Gasteiger partial charge in [0.25, 0.3) is 0 Å². The van der Waals surface area contributed by atoms with Crippen molar-refractivity contribution in [1.82, 2.24) is 9.78 Å². The van der Waals surface area contributed by atoms with Crippen molar-refractivity contribution >= 4 is 27.9 Å². The van der Waals surface area contributed by atoms with Crippen LogP contribution in [0.3, 0.4) is 0 Å². The highest BCUT2D eigenvalue weighted by atomic mass is 79.9. The molecule has 0 unspecified atom stereocenters. The summed E-state index contributed by atoms with van der Waals surface area (Å²) in [5, 5.41) is 4.24. The van der Waals surface area contributed by atoms with Crippen molar-refractivity contribution in [2.24, 2.45) is 13.0 Å². The summed E-state index contributed by atoms with van der Waals surface area (Å²) in [6, 6.07) is 0. The van der Waals surface area contributed by atoms with Crippen LogP contribution in [0.2, 0.25) is 0 Å². The van der Waals surface area contributed by atoms with Crippen LogP contribution in [0.25, 0.3) is 0 Å². The standard InChI is InChI=1S/C13H19BrN2O4/c1-5-19-12(17)9(13(18)20-6-2)7-10-11(14)8(3)15-16(10)4/h9H,5-7H2,1-4H3. The minimum atomic E-state index is -0.971. The number of hydrogen-bond donors (Lipinski definition) is 0. The first-order valence-electron chi connectivity index (χ1n) is 6.43. The van der Waals surface area contributed by atoms with Gasteiger partial charge in [-0.2, -0.15) is 5.10 Å². The highest BCUT2D eigenvalue weighted by Gasteiger charge is 2.32. The summed E-state index contributed by atoms with van der Waals surface area (Å²) in [5.41, 5.74) is 1.56. The third kappa shape index (κ3) is 3.82. The molecule has 1 heterocycles. The fourth-order valence-corrected chi connectivity index (χ4v) is 2.34. The smallest absolute Gasteiger partial charge is 0.320 e. The average Bonchev–Trinajstić information content (AvgIpc) is 2.61. The van der Waals surface area contributed by atoms with E-state index in [9.17, 15) is 9.59 Å². The van der Waals surface area contributed by atoms with E-state index in [1.165, 1.54) is 0 Å². The molecule has 0 radical (unpaired) electrons. The zero-order valence-corrected chi connectivity index (χ0v) is 13.7. The lowest BCUT2D eigenvalue weighted by Crippen LogP contribution is -2.30. The van der Waals surface area contributed by atoms with E-state index in [4.69, 9.17) is 9.47 Å². The largest absolute Gasteiger partial charge is 0.465 e. The summed E-state index contributed by atoms with van der Waals surface area (Å²) in [5.74, 6) is -2.12. The number of nitrogens with zero attached hydrogens (tertiary/aromatic N) is 2. The van der Waals surface area contributed by atoms with Gasteiger partial charge in [-0.15, -0.1) is 0 Å². The van der Waals surface area contributed by atoms with Gasteiger partial charge in [0, 0.05) is 13.5 Å². The summed E-state index contributed by atoms with van der Waals surface area (Å²) in [6.07, 6.45) is 0.190. The summed E-state index contributed by atoms with van der Waals surface area (Å²) in [6.45, 7) is 5.69. The molecule has 0 saturated heterocycles. The van der Waals surface area contributed by atoms with Crippen molar-refractivity contribution in [1.29, 1.82) is 0 Å². The van der Waals surface area contributed by atoms with Crippen molar-refractivity contribution < 1.29 is 19.1 Å². The second-order valence-corrected chi connectivity index (χ2v) is 5.02. The third-order valence-electron chi connectivity index (χ3n) is 2.80. The minimum absolute atomic E-state index is 0.190. The molecule has 0 aliphatic rings. The number of rotatable bonds is 6. The van der Waals surface area contributed by atoms with Crippen LogP contribution in [0.4, 0.5) is 0 Å². The molecule has 0 atom stereocenters. The first-order chi connectivity index (χ1) is 9.42. The van der Waals surface area contributed by atoms with Gasteiger partial charge < -0.3 is 9.47 Å². The maximum absolute atomic E-state index is 11.9. The van der Waals surface area contributed by atoms with Crippen LogP contribution in [0, 0.1) is 12.8 Å². The maximum Gasteiger partial charge on any atom is 0.320 e. The molecule has 0 aliphatic heterocycles. The molecule has 0 bridgehead atoms. The Hall–Kier alpha value is -1.37. The zero-order valence-electron chi connectivity index (χ0n) is 12.1. The van der Waals surface area contributed by atoms with E-state index in [1.807, 2.05) is 6.92 Å². The Balaban J connectivity index is 2.99. The molecule has 20 heavy (non-hydrogen) atoms. The topological polar surface area (TPSA) is 70.4 Å². The van der Waals surface area contributed by atoms with Crippen LogP contribution in [0.1, 0.15) is 25.2 Å². The third-order valence-corrected chi connectivity index (χ3v) is 3.83. The Labute approximate surface area is 126 Å². The molecule has 6 nitrogen and oxygen atoms in total. The van der Waals surface area contributed by atoms with Crippen LogP contribution < -0.4 is 0 Å². The lowest BCUT2D eigenvalue weighted by Gasteiger charge is -2.14. The van der Waals surface area contributed by atoms with Crippen LogP contribution >= 0.6 is 15.9 Å². The molecule has 0 N–H and O–H groups in total. The van der Waals surface area contributed by atoms with Gasteiger partial charge in [-0.3, -0.25) is 14.3 Å². The summed E-state index contributed by atoms with van der Waals surface area (Å²) < 4.78 is 12.3. The monoisotopic (exact) mass is 346 g/mol. The number of ether oxygens (including phenoxy) is 2. The second-order valence-electron chi connectivity index (χ2n) is 4.23. The Bertz CT molecular complexity index is 481. The molecule has 0 saturated carbocycles. The van der Waals surface area contributed by atoms with Gasteiger partial charge in [0.1, 0.15) is 0 Å². The molecule has 1 aromatic heterocycles. The number of aromatic nitrogens is 2. The predicted molar refractivity (Wildman–Crippen MR) is 76.1 cm³/mol. The fourth-order valence-electron chi connectivity index (χ4n) is 1.84. The maximum atomic E-state index is 11.9. The molecule has 0 aromatic carbocycles. The van der Waals surface area contributed by atoms with Gasteiger partial charge in [-0.1, -0.05) is 0 Å². The van der Waals surface area contributed by atoms with Crippen LogP contribution in [-0.2, 0) is 32.5 Å². The number of aryl methyl sites for hydroxylation is 2. The van der Waals surface area contributed by atoms with Gasteiger partial charge in [0.05, 0.1) is 29.1 Å². The lowest BCUT2D eigenvalue weighted by atomic mass is 10.0. The molecular formula is C13H19BrN2O4. The molecule has 0 fully saturated rings. The highest BCUT2D eigenvalue weighted by molar-refractivity contribution is 9.10. The summed E-state index contributed by atoms with van der Waals surface area (Å²) in [4.78, 5) is 23.9. The molecule has 1 rings (SSSR count). The van der Waals surface area contributed by atoms with Crippen LogP contribution in [-0.4, -0.2) is 34.9 Å². The van der Waals surface area contributed by atoms with E-state index in [-0.39, 0.29) is 19.6 Å². The van der Waals surface area contributed by atoms with E-state index < -0.39 is 17.9 Å².